The molecular weight excluding hydrogens is 1360 g/mol. The SMILES string of the molecule is CC1(C)c2ccccc2N(c2ccc3c(c2)c2ccccc2n3-c2cnc(-c3cc(-c4ncc(-n5c6ccccc6c6cc(N7c8ccccc8C(C)(C)c8ccccc87)ccc65)cn4)cc(-c4ncc(-n5c6ccccc6c6cc(N7c8ccccc8C(C)(C)c8ccccc87)ccc65)cn4)c3)nc2)c2ccccc21. The summed E-state index contributed by atoms with van der Waals surface area (Å²) in [6, 6.07) is 105. The highest BCUT2D eigenvalue weighted by atomic mass is 15.2. The van der Waals surface area contributed by atoms with Gasteiger partial charge in [0.2, 0.25) is 0 Å². The topological polar surface area (TPSA) is 102 Å². The third-order valence-corrected chi connectivity index (χ3v) is 24.0. The fraction of sp³-hybridized carbons (Fsp3) is 0.0909. The van der Waals surface area contributed by atoms with Crippen molar-refractivity contribution in [3.8, 4) is 51.2 Å². The minimum Gasteiger partial charge on any atom is -0.310 e. The maximum Gasteiger partial charge on any atom is 0.159 e. The standard InChI is InChI=1S/C99H72N12/c1-97(2)76-28-10-19-37-88(76)106(89-38-20-11-29-77(89)97)64-43-46-85-73(52-64)70-25-7-16-34-82(70)109(85)67-55-100-94(101-56-67)61-49-62(95-102-57-68(58-103-95)110-83-35-17-8-26-71(83)74-53-65(44-47-86(74)110)107-90-39-21-12-30-78(90)98(3,4)79-31-13-22-40-91(79)107)51-63(50-61)96-104-59-69(60-105-96)111-84-36-18-9-27-72(84)75-54-66(45-48-87(75)111)108-92-41-23-14-32-80(92)99(5,6)81-33-15-24-42-93(81)108/h7-60H,1-6H3. The maximum absolute atomic E-state index is 5.25. The number of anilines is 9. The zero-order valence-corrected chi connectivity index (χ0v) is 62.0. The number of hydrogen-bond donors (Lipinski definition) is 0. The monoisotopic (exact) mass is 1430 g/mol. The summed E-state index contributed by atoms with van der Waals surface area (Å²) in [5, 5.41) is 6.80. The molecule has 0 saturated carbocycles. The quantitative estimate of drug-likeness (QED) is 0.140. The van der Waals surface area contributed by atoms with Gasteiger partial charge in [0.1, 0.15) is 0 Å². The lowest BCUT2D eigenvalue weighted by Crippen LogP contribution is -2.30. The second-order valence-electron chi connectivity index (χ2n) is 31.2. The lowest BCUT2D eigenvalue weighted by atomic mass is 9.73. The van der Waals surface area contributed by atoms with Crippen LogP contribution >= 0.6 is 0 Å². The van der Waals surface area contributed by atoms with Gasteiger partial charge in [0.05, 0.1) is 121 Å². The molecule has 0 amide bonds. The van der Waals surface area contributed by atoms with Crippen molar-refractivity contribution in [2.75, 3.05) is 14.7 Å². The Kier molecular flexibility index (Phi) is 13.8. The Hall–Kier alpha value is -14.1. The number of nitrogens with zero attached hydrogens (tertiary/aromatic N) is 12. The van der Waals surface area contributed by atoms with E-state index in [2.05, 4.69) is 361 Å². The smallest absolute Gasteiger partial charge is 0.159 e. The molecule has 9 heterocycles. The first-order chi connectivity index (χ1) is 54.3. The summed E-state index contributed by atoms with van der Waals surface area (Å²) in [5.74, 6) is 1.58. The van der Waals surface area contributed by atoms with E-state index in [4.69, 9.17) is 29.9 Å². The van der Waals surface area contributed by atoms with Crippen molar-refractivity contribution in [2.24, 2.45) is 0 Å². The van der Waals surface area contributed by atoms with Gasteiger partial charge in [0, 0.05) is 82.3 Å². The summed E-state index contributed by atoms with van der Waals surface area (Å²) in [6.07, 6.45) is 11.6. The van der Waals surface area contributed by atoms with Crippen molar-refractivity contribution in [2.45, 2.75) is 57.8 Å². The first kappa shape index (κ1) is 64.1. The molecule has 111 heavy (non-hydrogen) atoms. The average Bonchev–Trinajstić information content (AvgIpc) is 1.73. The van der Waals surface area contributed by atoms with Gasteiger partial charge in [-0.1, -0.05) is 205 Å². The van der Waals surface area contributed by atoms with Crippen LogP contribution in [-0.4, -0.2) is 43.6 Å². The minimum atomic E-state index is -0.174. The van der Waals surface area contributed by atoms with Crippen LogP contribution in [0.3, 0.4) is 0 Å². The van der Waals surface area contributed by atoms with Crippen molar-refractivity contribution in [1.82, 2.24) is 43.6 Å². The molecule has 22 rings (SSSR count). The maximum atomic E-state index is 5.25. The molecule has 0 atom stereocenters. The van der Waals surface area contributed by atoms with Crippen molar-refractivity contribution >= 4 is 117 Å². The fourth-order valence-corrected chi connectivity index (χ4v) is 18.7. The van der Waals surface area contributed by atoms with Gasteiger partial charge < -0.3 is 28.4 Å². The molecule has 0 aliphatic carbocycles. The summed E-state index contributed by atoms with van der Waals surface area (Å²) in [6.45, 7) is 14.0. The van der Waals surface area contributed by atoms with Gasteiger partial charge in [-0.2, -0.15) is 0 Å². The van der Waals surface area contributed by atoms with E-state index in [9.17, 15) is 0 Å². The van der Waals surface area contributed by atoms with Crippen LogP contribution in [0.4, 0.5) is 51.2 Å². The van der Waals surface area contributed by atoms with Gasteiger partial charge >= 0.3 is 0 Å². The first-order valence-corrected chi connectivity index (χ1v) is 38.0. The highest BCUT2D eigenvalue weighted by molar-refractivity contribution is 6.14. The Bertz CT molecular complexity index is 6250. The molecule has 0 N–H and O–H groups in total. The predicted molar refractivity (Wildman–Crippen MR) is 453 cm³/mol. The van der Waals surface area contributed by atoms with Crippen LogP contribution in [0.25, 0.3) is 117 Å². The molecule has 13 aromatic carbocycles. The lowest BCUT2D eigenvalue weighted by Gasteiger charge is -2.42. The molecule has 528 valence electrons. The van der Waals surface area contributed by atoms with Gasteiger partial charge in [0.15, 0.2) is 17.5 Å². The van der Waals surface area contributed by atoms with E-state index in [1.807, 2.05) is 37.2 Å². The summed E-state index contributed by atoms with van der Waals surface area (Å²) in [4.78, 5) is 38.8. The zero-order valence-electron chi connectivity index (χ0n) is 62.0. The van der Waals surface area contributed by atoms with E-state index in [0.717, 1.165) is 116 Å². The molecule has 12 nitrogen and oxygen atoms in total. The Labute approximate surface area is 641 Å². The van der Waals surface area contributed by atoms with Crippen LogP contribution in [0.1, 0.15) is 74.9 Å². The number of fused-ring (bicyclic) bond motifs is 15. The van der Waals surface area contributed by atoms with E-state index < -0.39 is 0 Å². The molecule has 0 bridgehead atoms. The fourth-order valence-electron chi connectivity index (χ4n) is 18.7. The van der Waals surface area contributed by atoms with E-state index >= 15 is 0 Å². The molecule has 0 unspecified atom stereocenters. The molecule has 3 aliphatic rings. The normalized spacial score (nSPS) is 14.4. The molecule has 6 aromatic heterocycles. The first-order valence-electron chi connectivity index (χ1n) is 38.0. The second kappa shape index (κ2) is 23.9. The van der Waals surface area contributed by atoms with Crippen LogP contribution < -0.4 is 14.7 Å². The van der Waals surface area contributed by atoms with Crippen LogP contribution in [-0.2, 0) is 16.2 Å². The average molecular weight is 1430 g/mol. The third kappa shape index (κ3) is 9.53. The van der Waals surface area contributed by atoms with Crippen molar-refractivity contribution in [1.29, 1.82) is 0 Å². The molecule has 0 fully saturated rings. The zero-order chi connectivity index (χ0) is 74.2. The number of aromatic nitrogens is 9. The Morgan fingerprint density at radius 2 is 0.405 bits per heavy atom. The Morgan fingerprint density at radius 3 is 0.649 bits per heavy atom. The van der Waals surface area contributed by atoms with E-state index in [0.29, 0.717) is 17.5 Å². The molecular formula is C99H72N12. The van der Waals surface area contributed by atoms with E-state index in [-0.39, 0.29) is 16.2 Å². The van der Waals surface area contributed by atoms with Gasteiger partial charge in [-0.05, 0) is 161 Å². The van der Waals surface area contributed by atoms with E-state index in [1.165, 1.54) is 67.5 Å². The van der Waals surface area contributed by atoms with Crippen LogP contribution in [0.15, 0.2) is 328 Å². The highest BCUT2D eigenvalue weighted by Crippen LogP contribution is 2.56. The molecule has 0 spiro atoms. The molecule has 3 aliphatic heterocycles. The van der Waals surface area contributed by atoms with Crippen LogP contribution in [0, 0.1) is 0 Å². The number of rotatable bonds is 9. The highest BCUT2D eigenvalue weighted by Gasteiger charge is 2.40. The van der Waals surface area contributed by atoms with Gasteiger partial charge in [0.25, 0.3) is 0 Å². The minimum absolute atomic E-state index is 0.174. The summed E-state index contributed by atoms with van der Waals surface area (Å²) < 4.78 is 6.83. The van der Waals surface area contributed by atoms with E-state index in [1.54, 1.807) is 0 Å². The van der Waals surface area contributed by atoms with Crippen molar-refractivity contribution < 1.29 is 0 Å². The summed E-state index contributed by atoms with van der Waals surface area (Å²) >= 11 is 0. The van der Waals surface area contributed by atoms with Gasteiger partial charge in [-0.15, -0.1) is 0 Å². The third-order valence-electron chi connectivity index (χ3n) is 24.0. The summed E-state index contributed by atoms with van der Waals surface area (Å²) in [7, 11) is 0. The Balaban J connectivity index is 0.651. The molecule has 0 radical (unpaired) electrons. The van der Waals surface area contributed by atoms with Crippen molar-refractivity contribution in [3.05, 3.63) is 362 Å². The lowest BCUT2D eigenvalue weighted by molar-refractivity contribution is 0.632. The van der Waals surface area contributed by atoms with Crippen LogP contribution in [0.2, 0.25) is 0 Å². The second-order valence-corrected chi connectivity index (χ2v) is 31.2. The molecule has 19 aromatic rings. The number of benzene rings is 13. The Morgan fingerprint density at radius 1 is 0.198 bits per heavy atom. The number of para-hydroxylation sites is 9. The molecule has 0 saturated heterocycles. The molecule has 12 heteroatoms. The van der Waals surface area contributed by atoms with Crippen molar-refractivity contribution in [3.63, 3.8) is 0 Å². The van der Waals surface area contributed by atoms with Gasteiger partial charge in [-0.3, -0.25) is 0 Å². The number of hydrogen-bond acceptors (Lipinski definition) is 9. The predicted octanol–water partition coefficient (Wildman–Crippen LogP) is 24.7. The largest absolute Gasteiger partial charge is 0.310 e. The summed E-state index contributed by atoms with van der Waals surface area (Å²) in [5.41, 5.74) is 28.7. The van der Waals surface area contributed by atoms with Gasteiger partial charge in [-0.25, -0.2) is 29.9 Å². The van der Waals surface area contributed by atoms with Crippen LogP contribution in [0.5, 0.6) is 0 Å².